The smallest absolute Gasteiger partial charge is 0.306 e. The van der Waals surface area contributed by atoms with E-state index in [1.54, 1.807) is 37.3 Å². The summed E-state index contributed by atoms with van der Waals surface area (Å²) in [4.78, 5) is 40.0. The Kier molecular flexibility index (Phi) is 8.37. The minimum Gasteiger partial charge on any atom is -0.466 e. The van der Waals surface area contributed by atoms with Crippen LogP contribution in [0.15, 0.2) is 53.5 Å². The van der Waals surface area contributed by atoms with Crippen LogP contribution in [0.1, 0.15) is 29.3 Å². The van der Waals surface area contributed by atoms with Crippen molar-refractivity contribution in [2.24, 2.45) is 16.5 Å². The van der Waals surface area contributed by atoms with E-state index in [9.17, 15) is 14.4 Å². The molecule has 6 N–H and O–H groups in total. The van der Waals surface area contributed by atoms with Crippen molar-refractivity contribution in [1.82, 2.24) is 5.32 Å². The summed E-state index contributed by atoms with van der Waals surface area (Å²) >= 11 is 0. The van der Waals surface area contributed by atoms with Crippen LogP contribution < -0.4 is 22.1 Å². The molecule has 2 amide bonds. The highest BCUT2D eigenvalue weighted by molar-refractivity contribution is 6.00. The summed E-state index contributed by atoms with van der Waals surface area (Å²) in [6, 6.07) is 13.5. The van der Waals surface area contributed by atoms with E-state index in [2.05, 4.69) is 15.6 Å². The standard InChI is InChI=1S/C21H25N5O4/c1-2-30-19(28)11-10-14-6-3-4-9-17(14)26-18(27)13-24-20(29)15-7-5-8-16(12-15)25-21(22)23/h3-9,12H,2,10-11,13H2,1H3,(H,24,29)(H,26,27)(H4,22,23,25). The predicted molar refractivity (Wildman–Crippen MR) is 114 cm³/mol. The van der Waals surface area contributed by atoms with Gasteiger partial charge >= 0.3 is 5.97 Å². The molecule has 0 spiro atoms. The van der Waals surface area contributed by atoms with Crippen LogP contribution in [0.2, 0.25) is 0 Å². The first kappa shape index (κ1) is 22.4. The molecule has 2 aromatic rings. The fraction of sp³-hybridized carbons (Fsp3) is 0.238. The molecule has 0 aliphatic rings. The third-order valence-electron chi connectivity index (χ3n) is 3.97. The van der Waals surface area contributed by atoms with Crippen molar-refractivity contribution < 1.29 is 19.1 Å². The number of aryl methyl sites for hydroxylation is 1. The molecule has 0 bridgehead atoms. The van der Waals surface area contributed by atoms with Crippen LogP contribution in [0.4, 0.5) is 11.4 Å². The van der Waals surface area contributed by atoms with E-state index in [4.69, 9.17) is 16.2 Å². The molecule has 2 aromatic carbocycles. The lowest BCUT2D eigenvalue weighted by molar-refractivity contribution is -0.143. The number of esters is 1. The molecule has 0 fully saturated rings. The fourth-order valence-corrected chi connectivity index (χ4v) is 2.65. The summed E-state index contributed by atoms with van der Waals surface area (Å²) in [5.41, 5.74) is 12.8. The summed E-state index contributed by atoms with van der Waals surface area (Å²) in [6.45, 7) is 1.85. The van der Waals surface area contributed by atoms with Gasteiger partial charge in [0.05, 0.1) is 18.8 Å². The van der Waals surface area contributed by atoms with Gasteiger partial charge in [0.25, 0.3) is 5.91 Å². The molecule has 9 nitrogen and oxygen atoms in total. The average molecular weight is 411 g/mol. The highest BCUT2D eigenvalue weighted by Gasteiger charge is 2.11. The third kappa shape index (κ3) is 7.27. The lowest BCUT2D eigenvalue weighted by atomic mass is 10.1. The number of guanidine groups is 1. The number of aliphatic imine (C=N–C) groups is 1. The first-order chi connectivity index (χ1) is 14.4. The Labute approximate surface area is 174 Å². The molecule has 0 aliphatic carbocycles. The number of rotatable bonds is 9. The first-order valence-electron chi connectivity index (χ1n) is 9.40. The van der Waals surface area contributed by atoms with Gasteiger partial charge in [-0.15, -0.1) is 0 Å². The number of nitrogens with one attached hydrogen (secondary N) is 2. The zero-order valence-corrected chi connectivity index (χ0v) is 16.7. The van der Waals surface area contributed by atoms with Crippen LogP contribution in [-0.4, -0.2) is 36.9 Å². The molecule has 0 aromatic heterocycles. The van der Waals surface area contributed by atoms with Crippen molar-refractivity contribution in [3.63, 3.8) is 0 Å². The number of nitrogens with zero attached hydrogens (tertiary/aromatic N) is 1. The summed E-state index contributed by atoms with van der Waals surface area (Å²) in [5, 5.41) is 5.30. The number of amides is 2. The van der Waals surface area contributed by atoms with E-state index in [1.807, 2.05) is 12.1 Å². The summed E-state index contributed by atoms with van der Waals surface area (Å²) in [6.07, 6.45) is 0.642. The van der Waals surface area contributed by atoms with Crippen molar-refractivity contribution >= 4 is 35.1 Å². The topological polar surface area (TPSA) is 149 Å². The van der Waals surface area contributed by atoms with Crippen LogP contribution in [0.25, 0.3) is 0 Å². The maximum Gasteiger partial charge on any atom is 0.306 e. The molecule has 30 heavy (non-hydrogen) atoms. The quantitative estimate of drug-likeness (QED) is 0.279. The molecule has 158 valence electrons. The van der Waals surface area contributed by atoms with Crippen LogP contribution in [-0.2, 0) is 20.7 Å². The number of hydrogen-bond donors (Lipinski definition) is 4. The Bertz CT molecular complexity index is 938. The van der Waals surface area contributed by atoms with Gasteiger partial charge in [-0.05, 0) is 43.2 Å². The van der Waals surface area contributed by atoms with E-state index in [0.717, 1.165) is 5.56 Å². The van der Waals surface area contributed by atoms with Crippen molar-refractivity contribution in [3.8, 4) is 0 Å². The number of carbonyl (C=O) groups is 3. The van der Waals surface area contributed by atoms with E-state index < -0.39 is 11.8 Å². The molecule has 0 saturated heterocycles. The van der Waals surface area contributed by atoms with Crippen LogP contribution in [0.5, 0.6) is 0 Å². The van der Waals surface area contributed by atoms with Gasteiger partial charge in [0.2, 0.25) is 5.91 Å². The van der Waals surface area contributed by atoms with Gasteiger partial charge in [0.1, 0.15) is 0 Å². The Hall–Kier alpha value is -3.88. The third-order valence-corrected chi connectivity index (χ3v) is 3.97. The molecular weight excluding hydrogens is 386 g/mol. The zero-order chi connectivity index (χ0) is 21.9. The van der Waals surface area contributed by atoms with Gasteiger partial charge in [0, 0.05) is 17.7 Å². The molecule has 2 rings (SSSR count). The van der Waals surface area contributed by atoms with Crippen LogP contribution in [0.3, 0.4) is 0 Å². The number of para-hydroxylation sites is 1. The van der Waals surface area contributed by atoms with Gasteiger partial charge in [-0.25, -0.2) is 4.99 Å². The molecule has 0 heterocycles. The van der Waals surface area contributed by atoms with E-state index >= 15 is 0 Å². The fourth-order valence-electron chi connectivity index (χ4n) is 2.65. The molecule has 0 atom stereocenters. The summed E-state index contributed by atoms with van der Waals surface area (Å²) in [7, 11) is 0. The van der Waals surface area contributed by atoms with Crippen LogP contribution in [0, 0.1) is 0 Å². The molecular formula is C21H25N5O4. The van der Waals surface area contributed by atoms with Crippen molar-refractivity contribution in [3.05, 3.63) is 59.7 Å². The molecule has 0 radical (unpaired) electrons. The Morgan fingerprint density at radius 1 is 1.07 bits per heavy atom. The normalized spacial score (nSPS) is 10.0. The zero-order valence-electron chi connectivity index (χ0n) is 16.7. The van der Waals surface area contributed by atoms with Gasteiger partial charge < -0.3 is 26.8 Å². The second kappa shape index (κ2) is 11.2. The first-order valence-corrected chi connectivity index (χ1v) is 9.40. The van der Waals surface area contributed by atoms with E-state index in [0.29, 0.717) is 30.0 Å². The number of anilines is 1. The number of carbonyl (C=O) groups excluding carboxylic acids is 3. The minimum atomic E-state index is -0.437. The molecule has 0 aliphatic heterocycles. The average Bonchev–Trinajstić information content (AvgIpc) is 2.71. The number of hydrogen-bond acceptors (Lipinski definition) is 5. The largest absolute Gasteiger partial charge is 0.466 e. The molecule has 0 unspecified atom stereocenters. The highest BCUT2D eigenvalue weighted by atomic mass is 16.5. The summed E-state index contributed by atoms with van der Waals surface area (Å²) in [5.74, 6) is -1.25. The minimum absolute atomic E-state index is 0.117. The number of benzene rings is 2. The SMILES string of the molecule is CCOC(=O)CCc1ccccc1NC(=O)CNC(=O)c1cccc(N=C(N)N)c1. The monoisotopic (exact) mass is 411 g/mol. The Morgan fingerprint density at radius 2 is 1.83 bits per heavy atom. The van der Waals surface area contributed by atoms with Gasteiger partial charge in [0.15, 0.2) is 5.96 Å². The Balaban J connectivity index is 1.93. The molecule has 0 saturated carbocycles. The summed E-state index contributed by atoms with van der Waals surface area (Å²) < 4.78 is 4.93. The second-order valence-corrected chi connectivity index (χ2v) is 6.28. The lowest BCUT2D eigenvalue weighted by Gasteiger charge is -2.11. The highest BCUT2D eigenvalue weighted by Crippen LogP contribution is 2.17. The van der Waals surface area contributed by atoms with Gasteiger partial charge in [-0.3, -0.25) is 14.4 Å². The molecule has 9 heteroatoms. The Morgan fingerprint density at radius 3 is 2.57 bits per heavy atom. The maximum atomic E-state index is 12.3. The lowest BCUT2D eigenvalue weighted by Crippen LogP contribution is -2.33. The number of ether oxygens (including phenoxy) is 1. The van der Waals surface area contributed by atoms with Crippen molar-refractivity contribution in [1.29, 1.82) is 0 Å². The van der Waals surface area contributed by atoms with Crippen LogP contribution >= 0.6 is 0 Å². The van der Waals surface area contributed by atoms with Gasteiger partial charge in [-0.2, -0.15) is 0 Å². The van der Waals surface area contributed by atoms with E-state index in [1.165, 1.54) is 6.07 Å². The van der Waals surface area contributed by atoms with E-state index in [-0.39, 0.29) is 24.9 Å². The van der Waals surface area contributed by atoms with Crippen molar-refractivity contribution in [2.45, 2.75) is 19.8 Å². The van der Waals surface area contributed by atoms with Crippen molar-refractivity contribution in [2.75, 3.05) is 18.5 Å². The van der Waals surface area contributed by atoms with Gasteiger partial charge in [-0.1, -0.05) is 24.3 Å². The predicted octanol–water partition coefficient (Wildman–Crippen LogP) is 1.46. The number of nitrogens with two attached hydrogens (primary N) is 2. The maximum absolute atomic E-state index is 12.3. The second-order valence-electron chi connectivity index (χ2n) is 6.28.